The van der Waals surface area contributed by atoms with Gasteiger partial charge in [-0.05, 0) is 0 Å². The molecule has 1 heterocycles. The van der Waals surface area contributed by atoms with Crippen molar-refractivity contribution in [1.82, 2.24) is 0 Å². The molecule has 0 saturated carbocycles. The fourth-order valence-corrected chi connectivity index (χ4v) is 49.5. The van der Waals surface area contributed by atoms with Crippen molar-refractivity contribution < 1.29 is 16.1 Å². The van der Waals surface area contributed by atoms with Gasteiger partial charge in [0.15, 0.2) is 0 Å². The van der Waals surface area contributed by atoms with Gasteiger partial charge in [0, 0.05) is 0 Å². The quantitative estimate of drug-likeness (QED) is 0.140. The van der Waals surface area contributed by atoms with Crippen LogP contribution in [0.5, 0.6) is 0 Å². The van der Waals surface area contributed by atoms with E-state index in [1.807, 2.05) is 0 Å². The average Bonchev–Trinajstić information content (AvgIpc) is 4.04. The van der Waals surface area contributed by atoms with Gasteiger partial charge in [-0.15, -0.1) is 0 Å². The van der Waals surface area contributed by atoms with Crippen LogP contribution in [0.1, 0.15) is 74.1 Å². The SMILES string of the molecule is Cc1ccc(-c2cccc3c2C=C(c2ccccc2)[CH]3[Hf]([Cl])([Cl])([c]2cccc3c2[SiH2]c2ccccc2-3)[CH]2C(c3ccccc3)=Cc3c(-c4ccc(C)c(C)c4C)cccc32)c(C)c1C. The van der Waals surface area contributed by atoms with Crippen LogP contribution in [-0.2, 0) is 16.1 Å². The molecule has 0 radical (unpaired) electrons. The Hall–Kier alpha value is -5.09. The van der Waals surface area contributed by atoms with Crippen LogP contribution in [-0.4, -0.2) is 9.52 Å². The first-order chi connectivity index (χ1) is 30.9. The number of halogens is 2. The summed E-state index contributed by atoms with van der Waals surface area (Å²) in [4.78, 5) is 0. The molecule has 2 unspecified atom stereocenters. The van der Waals surface area contributed by atoms with E-state index in [2.05, 4.69) is 217 Å². The minimum absolute atomic E-state index is 0.260. The van der Waals surface area contributed by atoms with Crippen LogP contribution < -0.4 is 13.7 Å². The molecule has 0 saturated heterocycles. The van der Waals surface area contributed by atoms with E-state index in [4.69, 9.17) is 0 Å². The van der Waals surface area contributed by atoms with Gasteiger partial charge in [0.25, 0.3) is 0 Å². The molecule has 0 N–H and O–H groups in total. The number of benzene rings is 8. The van der Waals surface area contributed by atoms with E-state index in [1.165, 1.54) is 125 Å². The Kier molecular flexibility index (Phi) is 10.1. The van der Waals surface area contributed by atoms with Crippen molar-refractivity contribution in [3.05, 3.63) is 231 Å². The van der Waals surface area contributed by atoms with Crippen LogP contribution in [0.15, 0.2) is 164 Å². The second-order valence-electron chi connectivity index (χ2n) is 18.6. The van der Waals surface area contributed by atoms with E-state index < -0.39 is 25.7 Å². The van der Waals surface area contributed by atoms with Gasteiger partial charge in [-0.2, -0.15) is 0 Å². The van der Waals surface area contributed by atoms with E-state index in [0.717, 1.165) is 0 Å². The summed E-state index contributed by atoms with van der Waals surface area (Å²) in [7, 11) is 18.2. The summed E-state index contributed by atoms with van der Waals surface area (Å²) < 4.78 is 0.716. The molecule has 2 aliphatic carbocycles. The molecular formula is C60H51Cl2HfSi. The third-order valence-corrected chi connectivity index (χ3v) is 46.8. The Morgan fingerprint density at radius 3 is 1.34 bits per heavy atom. The van der Waals surface area contributed by atoms with Gasteiger partial charge in [0.05, 0.1) is 0 Å². The Bertz CT molecular complexity index is 3130. The summed E-state index contributed by atoms with van der Waals surface area (Å²) in [5, 5.41) is 2.89. The zero-order chi connectivity index (χ0) is 44.1. The number of hydrogen-bond donors (Lipinski definition) is 0. The normalized spacial score (nSPS) is 17.0. The van der Waals surface area contributed by atoms with Crippen molar-refractivity contribution in [2.75, 3.05) is 0 Å². The van der Waals surface area contributed by atoms with Crippen LogP contribution in [0.25, 0.3) is 56.7 Å². The van der Waals surface area contributed by atoms with Crippen LogP contribution in [0.4, 0.5) is 0 Å². The number of hydrogen-bond acceptors (Lipinski definition) is 0. The minimum atomic E-state index is -6.13. The predicted molar refractivity (Wildman–Crippen MR) is 277 cm³/mol. The zero-order valence-electron chi connectivity index (χ0n) is 37.4. The van der Waals surface area contributed by atoms with Gasteiger partial charge >= 0.3 is 393 Å². The number of aryl methyl sites for hydroxylation is 2. The predicted octanol–water partition coefficient (Wildman–Crippen LogP) is 14.2. The van der Waals surface area contributed by atoms with E-state index >= 15 is 0 Å². The molecule has 8 aromatic carbocycles. The van der Waals surface area contributed by atoms with Crippen molar-refractivity contribution in [3.63, 3.8) is 0 Å². The molecule has 8 aromatic rings. The van der Waals surface area contributed by atoms with E-state index in [9.17, 15) is 17.2 Å². The molecule has 0 amide bonds. The van der Waals surface area contributed by atoms with Crippen molar-refractivity contribution in [1.29, 1.82) is 0 Å². The van der Waals surface area contributed by atoms with Crippen LogP contribution in [0.2, 0.25) is 0 Å². The molecule has 2 atom stereocenters. The van der Waals surface area contributed by atoms with E-state index in [-0.39, 0.29) is 7.35 Å². The summed E-state index contributed by atoms with van der Waals surface area (Å²) in [5.74, 6) is 0. The molecule has 64 heavy (non-hydrogen) atoms. The molecule has 1 aliphatic heterocycles. The van der Waals surface area contributed by atoms with Gasteiger partial charge in [-0.1, -0.05) is 0 Å². The van der Waals surface area contributed by atoms with Gasteiger partial charge in [0.1, 0.15) is 0 Å². The first-order valence-electron chi connectivity index (χ1n) is 22.7. The first kappa shape index (κ1) is 41.6. The summed E-state index contributed by atoms with van der Waals surface area (Å²) in [6.07, 6.45) is 4.96. The summed E-state index contributed by atoms with van der Waals surface area (Å²) >= 11 is -6.13. The molecule has 4 heteroatoms. The molecule has 11 rings (SSSR count). The first-order valence-corrected chi connectivity index (χ1v) is 38.9. The summed E-state index contributed by atoms with van der Waals surface area (Å²) in [6, 6.07) is 61.0. The summed E-state index contributed by atoms with van der Waals surface area (Å²) in [5.41, 5.74) is 25.3. The summed E-state index contributed by atoms with van der Waals surface area (Å²) in [6.45, 7) is 13.5. The number of fused-ring (bicyclic) bond motifs is 5. The number of allylic oxidation sites excluding steroid dienone is 2. The van der Waals surface area contributed by atoms with E-state index in [0.29, 0.717) is 0 Å². The van der Waals surface area contributed by atoms with Crippen molar-refractivity contribution >= 4 is 63.7 Å². The molecular weight excluding hydrogens is 998 g/mol. The number of rotatable bonds is 7. The molecule has 3 aliphatic rings. The Labute approximate surface area is 389 Å². The molecule has 0 fully saturated rings. The molecule has 0 bridgehead atoms. The van der Waals surface area contributed by atoms with Crippen LogP contribution >= 0.6 is 17.2 Å². The Morgan fingerprint density at radius 2 is 0.828 bits per heavy atom. The van der Waals surface area contributed by atoms with Gasteiger partial charge < -0.3 is 0 Å². The average molecular weight is 1050 g/mol. The third kappa shape index (κ3) is 6.16. The van der Waals surface area contributed by atoms with Gasteiger partial charge in [-0.25, -0.2) is 0 Å². The van der Waals surface area contributed by atoms with Crippen molar-refractivity contribution in [2.45, 2.75) is 48.9 Å². The third-order valence-electron chi connectivity index (χ3n) is 15.5. The maximum absolute atomic E-state index is 9.58. The molecule has 0 aromatic heterocycles. The standard InChI is InChI=1S/2C24H21.C12H9Si.2ClH.Hf/c2*1-16-12-13-22(18(3)17(16)2)23-11-7-10-20-14-21(15-24(20)23)19-8-5-4-6-9-19;1-3-7-11-9(5-1)10-6-2-4-8-12(10)13-11;;;/h2*4-15H,1-3H3;1-7H,13H2;2*1H;/q;;;;;+2/p-2. The van der Waals surface area contributed by atoms with Crippen LogP contribution in [0, 0.1) is 41.5 Å². The van der Waals surface area contributed by atoms with Gasteiger partial charge in [-0.3, -0.25) is 0 Å². The maximum atomic E-state index is 9.58. The second kappa shape index (κ2) is 15.5. The van der Waals surface area contributed by atoms with Gasteiger partial charge in [0.2, 0.25) is 0 Å². The Morgan fingerprint density at radius 1 is 0.391 bits per heavy atom. The second-order valence-corrected chi connectivity index (χ2v) is 49.7. The Balaban J connectivity index is 1.27. The van der Waals surface area contributed by atoms with Crippen molar-refractivity contribution in [3.8, 4) is 33.4 Å². The fourth-order valence-electron chi connectivity index (χ4n) is 11.8. The van der Waals surface area contributed by atoms with Crippen LogP contribution in [0.3, 0.4) is 0 Å². The monoisotopic (exact) mass is 1050 g/mol. The molecule has 0 nitrogen and oxygen atoms in total. The molecule has 0 spiro atoms. The van der Waals surface area contributed by atoms with E-state index in [1.54, 1.807) is 0 Å². The zero-order valence-corrected chi connectivity index (χ0v) is 43.9. The fraction of sp³-hybridized carbons (Fsp3) is 0.133. The molecule has 313 valence electrons. The van der Waals surface area contributed by atoms with Crippen molar-refractivity contribution in [2.24, 2.45) is 0 Å². The topological polar surface area (TPSA) is 0 Å².